The molecule has 0 spiro atoms. The van der Waals surface area contributed by atoms with Gasteiger partial charge in [0.15, 0.2) is 0 Å². The van der Waals surface area contributed by atoms with E-state index in [4.69, 9.17) is 0 Å². The maximum atomic E-state index is 4.69. The van der Waals surface area contributed by atoms with Crippen LogP contribution in [-0.4, -0.2) is 36.1 Å². The van der Waals surface area contributed by atoms with E-state index in [9.17, 15) is 0 Å². The summed E-state index contributed by atoms with van der Waals surface area (Å²) in [5, 5.41) is 3.45. The summed E-state index contributed by atoms with van der Waals surface area (Å²) in [5.41, 5.74) is 4.84. The van der Waals surface area contributed by atoms with Gasteiger partial charge in [-0.15, -0.1) is 0 Å². The number of aryl methyl sites for hydroxylation is 3. The molecule has 1 aromatic heterocycles. The first-order valence-corrected chi connectivity index (χ1v) is 9.83. The van der Waals surface area contributed by atoms with Gasteiger partial charge in [-0.2, -0.15) is 0 Å². The predicted octanol–water partition coefficient (Wildman–Crippen LogP) is 4.47. The maximum Gasteiger partial charge on any atom is 0.136 e. The van der Waals surface area contributed by atoms with Crippen LogP contribution in [0, 0.1) is 20.8 Å². The third-order valence-electron chi connectivity index (χ3n) is 5.04. The Hall–Kier alpha value is -3.08. The van der Waals surface area contributed by atoms with Crippen LogP contribution in [-0.2, 0) is 0 Å². The summed E-state index contributed by atoms with van der Waals surface area (Å²) in [4.78, 5) is 14.1. The zero-order valence-corrected chi connectivity index (χ0v) is 16.8. The largest absolute Gasteiger partial charge is 0.368 e. The highest BCUT2D eigenvalue weighted by Gasteiger charge is 2.19. The average Bonchev–Trinajstić information content (AvgIpc) is 2.67. The van der Waals surface area contributed by atoms with E-state index < -0.39 is 0 Å². The molecule has 5 heteroatoms. The number of rotatable bonds is 4. The van der Waals surface area contributed by atoms with Crippen LogP contribution in [0.1, 0.15) is 17.0 Å². The Morgan fingerprint density at radius 3 is 2.07 bits per heavy atom. The lowest BCUT2D eigenvalue weighted by Gasteiger charge is -2.36. The fourth-order valence-corrected chi connectivity index (χ4v) is 3.81. The molecule has 28 heavy (non-hydrogen) atoms. The fraction of sp³-hybridized carbons (Fsp3) is 0.304. The number of para-hydroxylation sites is 1. The quantitative estimate of drug-likeness (QED) is 0.731. The number of nitrogens with one attached hydrogen (secondary N) is 1. The normalized spacial score (nSPS) is 14.2. The van der Waals surface area contributed by atoms with E-state index in [1.54, 1.807) is 0 Å². The Morgan fingerprint density at radius 2 is 1.39 bits per heavy atom. The number of anilines is 4. The molecule has 4 rings (SSSR count). The molecule has 0 atom stereocenters. The minimum absolute atomic E-state index is 0.787. The summed E-state index contributed by atoms with van der Waals surface area (Å²) in [5.74, 6) is 2.62. The topological polar surface area (TPSA) is 44.3 Å². The van der Waals surface area contributed by atoms with E-state index in [0.29, 0.717) is 0 Å². The van der Waals surface area contributed by atoms with Crippen molar-refractivity contribution in [1.29, 1.82) is 0 Å². The molecule has 1 aliphatic heterocycles. The van der Waals surface area contributed by atoms with Crippen molar-refractivity contribution in [2.45, 2.75) is 20.8 Å². The second kappa shape index (κ2) is 7.89. The number of piperazine rings is 1. The molecular formula is C23H27N5. The number of benzene rings is 2. The van der Waals surface area contributed by atoms with E-state index >= 15 is 0 Å². The molecule has 0 unspecified atom stereocenters. The number of nitrogens with zero attached hydrogens (tertiary/aromatic N) is 4. The summed E-state index contributed by atoms with van der Waals surface area (Å²) >= 11 is 0. The van der Waals surface area contributed by atoms with Crippen LogP contribution in [0.3, 0.4) is 0 Å². The van der Waals surface area contributed by atoms with Gasteiger partial charge in [0.1, 0.15) is 17.5 Å². The predicted molar refractivity (Wildman–Crippen MR) is 117 cm³/mol. The smallest absolute Gasteiger partial charge is 0.136 e. The molecule has 0 bridgehead atoms. The second-order valence-corrected chi connectivity index (χ2v) is 7.47. The number of hydrogen-bond acceptors (Lipinski definition) is 5. The third kappa shape index (κ3) is 4.25. The zero-order valence-electron chi connectivity index (χ0n) is 16.8. The number of aromatic nitrogens is 2. The highest BCUT2D eigenvalue weighted by atomic mass is 15.3. The van der Waals surface area contributed by atoms with Crippen molar-refractivity contribution in [3.05, 3.63) is 71.5 Å². The molecule has 1 aliphatic rings. The third-order valence-corrected chi connectivity index (χ3v) is 5.04. The van der Waals surface area contributed by atoms with Gasteiger partial charge >= 0.3 is 0 Å². The molecule has 3 aromatic rings. The Morgan fingerprint density at radius 1 is 0.750 bits per heavy atom. The molecule has 0 saturated carbocycles. The van der Waals surface area contributed by atoms with Crippen LogP contribution in [0.15, 0.2) is 54.6 Å². The van der Waals surface area contributed by atoms with E-state index in [0.717, 1.165) is 49.3 Å². The molecular weight excluding hydrogens is 346 g/mol. The van der Waals surface area contributed by atoms with Crippen molar-refractivity contribution >= 4 is 23.0 Å². The van der Waals surface area contributed by atoms with E-state index in [1.165, 1.54) is 16.8 Å². The Balaban J connectivity index is 1.48. The van der Waals surface area contributed by atoms with Crippen molar-refractivity contribution in [2.75, 3.05) is 41.3 Å². The van der Waals surface area contributed by atoms with Gasteiger partial charge in [-0.3, -0.25) is 0 Å². The number of hydrogen-bond donors (Lipinski definition) is 1. The highest BCUT2D eigenvalue weighted by molar-refractivity contribution is 5.61. The summed E-state index contributed by atoms with van der Waals surface area (Å²) in [7, 11) is 0. The van der Waals surface area contributed by atoms with E-state index in [-0.39, 0.29) is 0 Å². The van der Waals surface area contributed by atoms with Crippen molar-refractivity contribution in [1.82, 2.24) is 9.97 Å². The lowest BCUT2D eigenvalue weighted by Crippen LogP contribution is -2.46. The van der Waals surface area contributed by atoms with Crippen LogP contribution < -0.4 is 15.1 Å². The first-order chi connectivity index (χ1) is 13.6. The van der Waals surface area contributed by atoms with Gasteiger partial charge in [-0.1, -0.05) is 24.3 Å². The highest BCUT2D eigenvalue weighted by Crippen LogP contribution is 2.23. The van der Waals surface area contributed by atoms with Gasteiger partial charge in [-0.05, 0) is 56.2 Å². The zero-order chi connectivity index (χ0) is 19.5. The molecule has 0 radical (unpaired) electrons. The lowest BCUT2D eigenvalue weighted by molar-refractivity contribution is 0.646. The molecule has 0 amide bonds. The van der Waals surface area contributed by atoms with E-state index in [1.807, 2.05) is 6.92 Å². The van der Waals surface area contributed by atoms with Gasteiger partial charge < -0.3 is 15.1 Å². The summed E-state index contributed by atoms with van der Waals surface area (Å²) in [6.45, 7) is 10.1. The van der Waals surface area contributed by atoms with Crippen LogP contribution >= 0.6 is 0 Å². The first kappa shape index (κ1) is 18.3. The summed E-state index contributed by atoms with van der Waals surface area (Å²) in [6.07, 6.45) is 0. The monoisotopic (exact) mass is 373 g/mol. The van der Waals surface area contributed by atoms with Crippen molar-refractivity contribution in [3.63, 3.8) is 0 Å². The van der Waals surface area contributed by atoms with Crippen molar-refractivity contribution < 1.29 is 0 Å². The van der Waals surface area contributed by atoms with Crippen LogP contribution in [0.25, 0.3) is 0 Å². The Labute approximate surface area is 167 Å². The average molecular weight is 374 g/mol. The molecule has 1 N–H and O–H groups in total. The standard InChI is InChI=1S/C23H27N5/c1-17-13-18(2)15-20(14-17)26-22-16-23(25-19(3)24-22)28-11-9-27(10-12-28)21-7-5-4-6-8-21/h4-8,13-16H,9-12H2,1-3H3,(H,24,25,26). The molecule has 0 aliphatic carbocycles. The van der Waals surface area contributed by atoms with Gasteiger partial charge in [0, 0.05) is 43.6 Å². The van der Waals surface area contributed by atoms with Gasteiger partial charge in [-0.25, -0.2) is 9.97 Å². The Bertz CT molecular complexity index is 926. The van der Waals surface area contributed by atoms with Gasteiger partial charge in [0.25, 0.3) is 0 Å². The molecule has 144 valence electrons. The first-order valence-electron chi connectivity index (χ1n) is 9.83. The van der Waals surface area contributed by atoms with Gasteiger partial charge in [0.05, 0.1) is 0 Å². The second-order valence-electron chi connectivity index (χ2n) is 7.47. The van der Waals surface area contributed by atoms with E-state index in [2.05, 4.69) is 93.5 Å². The minimum atomic E-state index is 0.787. The van der Waals surface area contributed by atoms with Crippen LogP contribution in [0.4, 0.5) is 23.0 Å². The van der Waals surface area contributed by atoms with Crippen molar-refractivity contribution in [2.24, 2.45) is 0 Å². The van der Waals surface area contributed by atoms with Crippen LogP contribution in [0.5, 0.6) is 0 Å². The molecule has 2 heterocycles. The fourth-order valence-electron chi connectivity index (χ4n) is 3.81. The lowest BCUT2D eigenvalue weighted by atomic mass is 10.1. The van der Waals surface area contributed by atoms with Gasteiger partial charge in [0.2, 0.25) is 0 Å². The SMILES string of the molecule is Cc1cc(C)cc(Nc2cc(N3CCN(c4ccccc4)CC3)nc(C)n2)c1. The van der Waals surface area contributed by atoms with Crippen molar-refractivity contribution in [3.8, 4) is 0 Å². The summed E-state index contributed by atoms with van der Waals surface area (Å²) < 4.78 is 0. The molecule has 5 nitrogen and oxygen atoms in total. The summed E-state index contributed by atoms with van der Waals surface area (Å²) in [6, 6.07) is 19.1. The maximum absolute atomic E-state index is 4.69. The molecule has 2 aromatic carbocycles. The minimum Gasteiger partial charge on any atom is -0.368 e. The molecule has 1 saturated heterocycles. The Kier molecular flexibility index (Phi) is 5.15. The molecule has 1 fully saturated rings. The van der Waals surface area contributed by atoms with Crippen LogP contribution in [0.2, 0.25) is 0 Å².